The van der Waals surface area contributed by atoms with Crippen LogP contribution < -0.4 is 11.3 Å². The van der Waals surface area contributed by atoms with Crippen molar-refractivity contribution in [3.63, 3.8) is 0 Å². The summed E-state index contributed by atoms with van der Waals surface area (Å²) < 4.78 is 37.2. The van der Waals surface area contributed by atoms with Gasteiger partial charge in [-0.1, -0.05) is 23.2 Å². The van der Waals surface area contributed by atoms with Gasteiger partial charge in [0.15, 0.2) is 21.0 Å². The number of hydrogen-bond donors (Lipinski definition) is 0. The normalized spacial score (nSPS) is 12.0. The van der Waals surface area contributed by atoms with Crippen LogP contribution in [-0.2, 0) is 9.84 Å². The molecule has 0 unspecified atom stereocenters. The van der Waals surface area contributed by atoms with E-state index in [1.165, 1.54) is 24.3 Å². The van der Waals surface area contributed by atoms with Crippen molar-refractivity contribution in [2.24, 2.45) is 0 Å². The second-order valence-corrected chi connectivity index (χ2v) is 10.4. The summed E-state index contributed by atoms with van der Waals surface area (Å²) in [6.07, 6.45) is 0. The topological polar surface area (TPSA) is 94.6 Å². The zero-order valence-corrected chi connectivity index (χ0v) is 19.3. The summed E-state index contributed by atoms with van der Waals surface area (Å²) in [6, 6.07) is 8.07. The van der Waals surface area contributed by atoms with E-state index in [1.807, 2.05) is 0 Å². The Morgan fingerprint density at radius 1 is 0.690 bits per heavy atom. The highest BCUT2D eigenvalue weighted by Crippen LogP contribution is 2.31. The molecular weight excluding hydrogens is 575 g/mol. The quantitative estimate of drug-likeness (QED) is 0.288. The molecule has 0 spiro atoms. The molecule has 0 N–H and O–H groups in total. The molecule has 0 amide bonds. The van der Waals surface area contributed by atoms with Crippen LogP contribution in [0.4, 0.5) is 0 Å². The Kier molecular flexibility index (Phi) is 5.15. The Hall–Kier alpha value is -1.65. The summed E-state index contributed by atoms with van der Waals surface area (Å²) in [5, 5.41) is 1.12. The zero-order chi connectivity index (χ0) is 21.1. The highest BCUT2D eigenvalue weighted by molar-refractivity contribution is 9.11. The minimum Gasteiger partial charge on any atom is -0.421 e. The van der Waals surface area contributed by atoms with Crippen LogP contribution in [0, 0.1) is 0 Å². The third-order valence-corrected chi connectivity index (χ3v) is 7.36. The van der Waals surface area contributed by atoms with E-state index in [1.54, 1.807) is 0 Å². The van der Waals surface area contributed by atoms with Crippen molar-refractivity contribution in [1.82, 2.24) is 0 Å². The summed E-state index contributed by atoms with van der Waals surface area (Å²) in [4.78, 5) is 23.4. The first-order valence-electron chi connectivity index (χ1n) is 7.69. The first-order valence-corrected chi connectivity index (χ1v) is 11.5. The largest absolute Gasteiger partial charge is 0.421 e. The van der Waals surface area contributed by atoms with Crippen LogP contribution in [0.25, 0.3) is 21.9 Å². The molecule has 0 aliphatic heterocycles. The molecule has 0 aliphatic carbocycles. The summed E-state index contributed by atoms with van der Waals surface area (Å²) in [5.41, 5.74) is -2.01. The smallest absolute Gasteiger partial charge is 0.355 e. The molecule has 0 bridgehead atoms. The number of halogens is 4. The lowest BCUT2D eigenvalue weighted by molar-refractivity contribution is 0.520. The van der Waals surface area contributed by atoms with Crippen molar-refractivity contribution in [3.8, 4) is 0 Å². The van der Waals surface area contributed by atoms with Crippen molar-refractivity contribution in [1.29, 1.82) is 0 Å². The van der Waals surface area contributed by atoms with Gasteiger partial charge < -0.3 is 8.83 Å². The Labute approximate surface area is 189 Å². The molecule has 2 heterocycles. The monoisotopic (exact) mass is 578 g/mol. The highest BCUT2D eigenvalue weighted by atomic mass is 79.9. The van der Waals surface area contributed by atoms with Crippen LogP contribution in [0.1, 0.15) is 0 Å². The van der Waals surface area contributed by atoms with E-state index in [9.17, 15) is 18.0 Å². The molecular formula is C18H6Br2Cl2O6S. The summed E-state index contributed by atoms with van der Waals surface area (Å²) in [6.45, 7) is 0. The Bertz CT molecular complexity index is 1450. The van der Waals surface area contributed by atoms with Crippen LogP contribution in [0.15, 0.2) is 73.6 Å². The van der Waals surface area contributed by atoms with Crippen LogP contribution in [0.3, 0.4) is 0 Å². The van der Waals surface area contributed by atoms with E-state index in [4.69, 9.17) is 32.0 Å². The predicted molar refractivity (Wildman–Crippen MR) is 116 cm³/mol. The molecule has 2 aromatic heterocycles. The summed E-state index contributed by atoms with van der Waals surface area (Å²) >= 11 is 18.4. The van der Waals surface area contributed by atoms with Gasteiger partial charge >= 0.3 is 11.3 Å². The average Bonchev–Trinajstić information content (AvgIpc) is 2.62. The van der Waals surface area contributed by atoms with Gasteiger partial charge in [0.1, 0.15) is 0 Å². The maximum Gasteiger partial charge on any atom is 0.355 e. The van der Waals surface area contributed by atoms with E-state index in [-0.39, 0.29) is 21.9 Å². The lowest BCUT2D eigenvalue weighted by Crippen LogP contribution is -2.20. The van der Waals surface area contributed by atoms with Crippen molar-refractivity contribution < 1.29 is 17.3 Å². The number of hydrogen-bond acceptors (Lipinski definition) is 6. The summed E-state index contributed by atoms with van der Waals surface area (Å²) in [7, 11) is -4.56. The van der Waals surface area contributed by atoms with E-state index in [0.29, 0.717) is 19.0 Å². The van der Waals surface area contributed by atoms with Gasteiger partial charge in [0.05, 0.1) is 8.95 Å². The molecule has 11 heteroatoms. The molecule has 0 fully saturated rings. The Balaban J connectivity index is 2.03. The molecule has 29 heavy (non-hydrogen) atoms. The third-order valence-electron chi connectivity index (χ3n) is 4.02. The second-order valence-electron chi connectivity index (χ2n) is 5.91. The SMILES string of the molecule is O=c1oc2c(Br)cc(Cl)cc2cc1S(=O)(=O)c1cc2cc(Cl)cc(Br)c2oc1=O. The number of rotatable bonds is 2. The number of fused-ring (bicyclic) bond motifs is 2. The zero-order valence-electron chi connectivity index (χ0n) is 13.8. The van der Waals surface area contributed by atoms with Crippen LogP contribution in [0.2, 0.25) is 10.0 Å². The second kappa shape index (κ2) is 7.24. The fraction of sp³-hybridized carbons (Fsp3) is 0. The highest BCUT2D eigenvalue weighted by Gasteiger charge is 2.28. The molecule has 0 aliphatic rings. The third kappa shape index (κ3) is 3.55. The van der Waals surface area contributed by atoms with Gasteiger partial charge in [-0.3, -0.25) is 0 Å². The molecule has 0 radical (unpaired) electrons. The Morgan fingerprint density at radius 3 is 1.45 bits per heavy atom. The van der Waals surface area contributed by atoms with Crippen LogP contribution in [0.5, 0.6) is 0 Å². The molecule has 0 saturated carbocycles. The lowest BCUT2D eigenvalue weighted by atomic mass is 10.2. The molecule has 148 valence electrons. The minimum absolute atomic E-state index is 0.125. The van der Waals surface area contributed by atoms with E-state index >= 15 is 0 Å². The Morgan fingerprint density at radius 2 is 1.07 bits per heavy atom. The van der Waals surface area contributed by atoms with Gasteiger partial charge in [-0.15, -0.1) is 0 Å². The molecule has 4 rings (SSSR count). The van der Waals surface area contributed by atoms with Crippen molar-refractivity contribution in [2.45, 2.75) is 9.79 Å². The van der Waals surface area contributed by atoms with E-state index in [2.05, 4.69) is 31.9 Å². The van der Waals surface area contributed by atoms with Gasteiger partial charge in [0.2, 0.25) is 9.84 Å². The molecule has 0 saturated heterocycles. The molecule has 2 aromatic carbocycles. The molecule has 0 atom stereocenters. The molecule has 6 nitrogen and oxygen atoms in total. The lowest BCUT2D eigenvalue weighted by Gasteiger charge is -2.07. The predicted octanol–water partition coefficient (Wildman–Crippen LogP) is 5.56. The maximum absolute atomic E-state index is 13.1. The van der Waals surface area contributed by atoms with Crippen molar-refractivity contribution >= 4 is 86.8 Å². The van der Waals surface area contributed by atoms with Gasteiger partial charge in [-0.2, -0.15) is 0 Å². The van der Waals surface area contributed by atoms with Crippen LogP contribution in [-0.4, -0.2) is 8.42 Å². The van der Waals surface area contributed by atoms with E-state index in [0.717, 1.165) is 12.1 Å². The van der Waals surface area contributed by atoms with Gasteiger partial charge in [-0.05, 0) is 68.3 Å². The number of sulfone groups is 1. The fourth-order valence-electron chi connectivity index (χ4n) is 2.77. The average molecular weight is 581 g/mol. The number of benzene rings is 2. The summed E-state index contributed by atoms with van der Waals surface area (Å²) in [5.74, 6) is 0. The maximum atomic E-state index is 13.1. The minimum atomic E-state index is -4.56. The first kappa shape index (κ1) is 20.6. The van der Waals surface area contributed by atoms with E-state index < -0.39 is 30.9 Å². The van der Waals surface area contributed by atoms with Gasteiger partial charge in [0.25, 0.3) is 0 Å². The van der Waals surface area contributed by atoms with Gasteiger partial charge in [-0.25, -0.2) is 18.0 Å². The van der Waals surface area contributed by atoms with Crippen molar-refractivity contribution in [2.75, 3.05) is 0 Å². The fourth-order valence-corrected chi connectivity index (χ4v) is 5.92. The van der Waals surface area contributed by atoms with Crippen molar-refractivity contribution in [3.05, 3.63) is 76.2 Å². The standard InChI is InChI=1S/C18H6Br2Cl2O6S/c19-11-5-9(21)1-7-3-13(17(23)27-15(7)11)29(25,26)14-4-8-2-10(22)6-12(20)16(8)28-18(14)24/h1-6H. The van der Waals surface area contributed by atoms with Crippen LogP contribution >= 0.6 is 55.1 Å². The first-order chi connectivity index (χ1) is 13.6. The molecule has 4 aromatic rings. The van der Waals surface area contributed by atoms with Gasteiger partial charge in [0, 0.05) is 20.8 Å².